The zero-order valence-electron chi connectivity index (χ0n) is 8.14. The molecule has 1 aromatic rings. The number of nitrogen functional groups attached to an aromatic ring is 1. The fourth-order valence-electron chi connectivity index (χ4n) is 1.22. The molecule has 0 aliphatic carbocycles. The van der Waals surface area contributed by atoms with Crippen LogP contribution in [0.15, 0.2) is 23.1 Å². The minimum atomic E-state index is -3.83. The summed E-state index contributed by atoms with van der Waals surface area (Å²) in [6.45, 7) is 1.45. The van der Waals surface area contributed by atoms with Crippen LogP contribution in [-0.4, -0.2) is 13.5 Å². The van der Waals surface area contributed by atoms with Crippen molar-refractivity contribution in [1.29, 1.82) is 0 Å². The van der Waals surface area contributed by atoms with Crippen LogP contribution in [0.2, 0.25) is 0 Å². The smallest absolute Gasteiger partial charge is 0.238 e. The molecule has 0 aromatic heterocycles. The highest BCUT2D eigenvalue weighted by Gasteiger charge is 2.17. The van der Waals surface area contributed by atoms with E-state index in [1.165, 1.54) is 25.1 Å². The topological polar surface area (TPSA) is 118 Å². The monoisotopic (exact) mass is 231 g/mol. The van der Waals surface area contributed by atoms with Gasteiger partial charge in [-0.3, -0.25) is 5.84 Å². The van der Waals surface area contributed by atoms with Crippen LogP contribution >= 0.6 is 0 Å². The number of anilines is 1. The Hall–Kier alpha value is -1.15. The van der Waals surface area contributed by atoms with E-state index in [0.717, 1.165) is 0 Å². The maximum absolute atomic E-state index is 11.2. The van der Waals surface area contributed by atoms with E-state index >= 15 is 0 Å². The van der Waals surface area contributed by atoms with Gasteiger partial charge in [0.25, 0.3) is 0 Å². The van der Waals surface area contributed by atoms with E-state index in [1.54, 1.807) is 0 Å². The molecule has 0 fully saturated rings. The molecule has 0 spiro atoms. The first-order chi connectivity index (χ1) is 6.86. The molecular weight excluding hydrogens is 218 g/mol. The largest absolute Gasteiger partial charge is 0.389 e. The average Bonchev–Trinajstić information content (AvgIpc) is 2.15. The van der Waals surface area contributed by atoms with Gasteiger partial charge in [0.05, 0.1) is 11.0 Å². The lowest BCUT2D eigenvalue weighted by Gasteiger charge is -2.12. The first kappa shape index (κ1) is 11.9. The molecule has 1 aromatic carbocycles. The van der Waals surface area contributed by atoms with E-state index in [0.29, 0.717) is 5.69 Å². The summed E-state index contributed by atoms with van der Waals surface area (Å²) in [6, 6.07) is 4.20. The molecule has 0 aliphatic heterocycles. The number of hydrogen-bond donors (Lipinski definition) is 4. The predicted octanol–water partition coefficient (Wildman–Crippen LogP) is -0.327. The van der Waals surface area contributed by atoms with E-state index < -0.39 is 16.1 Å². The number of hydrogen-bond acceptors (Lipinski definition) is 5. The van der Waals surface area contributed by atoms with Gasteiger partial charge in [-0.2, -0.15) is 0 Å². The molecule has 1 rings (SSSR count). The van der Waals surface area contributed by atoms with Crippen molar-refractivity contribution in [3.8, 4) is 0 Å². The lowest BCUT2D eigenvalue weighted by atomic mass is 10.1. The van der Waals surface area contributed by atoms with Crippen LogP contribution in [-0.2, 0) is 10.0 Å². The number of hydrazine groups is 1. The van der Waals surface area contributed by atoms with Crippen molar-refractivity contribution in [2.45, 2.75) is 17.9 Å². The molecule has 7 heteroatoms. The van der Waals surface area contributed by atoms with Crippen molar-refractivity contribution < 1.29 is 13.5 Å². The molecule has 0 radical (unpaired) electrons. The molecule has 6 N–H and O–H groups in total. The molecule has 0 bridgehead atoms. The van der Waals surface area contributed by atoms with Crippen molar-refractivity contribution in [1.82, 2.24) is 0 Å². The van der Waals surface area contributed by atoms with E-state index in [4.69, 9.17) is 11.0 Å². The van der Waals surface area contributed by atoms with Crippen LogP contribution in [0.5, 0.6) is 0 Å². The highest BCUT2D eigenvalue weighted by atomic mass is 32.2. The van der Waals surface area contributed by atoms with Gasteiger partial charge in [0.1, 0.15) is 0 Å². The number of benzene rings is 1. The van der Waals surface area contributed by atoms with Gasteiger partial charge in [0.2, 0.25) is 10.0 Å². The molecular formula is C8H13N3O3S. The van der Waals surface area contributed by atoms with Gasteiger partial charge >= 0.3 is 0 Å². The van der Waals surface area contributed by atoms with Gasteiger partial charge < -0.3 is 10.5 Å². The summed E-state index contributed by atoms with van der Waals surface area (Å²) in [5, 5.41) is 14.4. The molecule has 15 heavy (non-hydrogen) atoms. The molecule has 0 saturated heterocycles. The summed E-state index contributed by atoms with van der Waals surface area (Å²) in [5.41, 5.74) is 3.07. The normalized spacial score (nSPS) is 13.6. The minimum Gasteiger partial charge on any atom is -0.389 e. The second-order valence-corrected chi connectivity index (χ2v) is 4.65. The van der Waals surface area contributed by atoms with E-state index in [-0.39, 0.29) is 10.5 Å². The average molecular weight is 231 g/mol. The molecule has 6 nitrogen and oxygen atoms in total. The summed E-state index contributed by atoms with van der Waals surface area (Å²) >= 11 is 0. The van der Waals surface area contributed by atoms with Crippen LogP contribution in [0.3, 0.4) is 0 Å². The summed E-state index contributed by atoms with van der Waals surface area (Å²) in [7, 11) is -3.83. The minimum absolute atomic E-state index is 0.100. The summed E-state index contributed by atoms with van der Waals surface area (Å²) in [5.74, 6) is 5.17. The van der Waals surface area contributed by atoms with Crippen molar-refractivity contribution in [3.05, 3.63) is 23.8 Å². The lowest BCUT2D eigenvalue weighted by Crippen LogP contribution is -2.16. The Morgan fingerprint density at radius 2 is 2.07 bits per heavy atom. The molecule has 0 amide bonds. The Balaban J connectivity index is 3.41. The van der Waals surface area contributed by atoms with Crippen molar-refractivity contribution in [3.63, 3.8) is 0 Å². The van der Waals surface area contributed by atoms with Gasteiger partial charge in [-0.1, -0.05) is 0 Å². The molecule has 84 valence electrons. The number of rotatable bonds is 3. The van der Waals surface area contributed by atoms with Crippen LogP contribution < -0.4 is 16.4 Å². The number of aliphatic hydroxyl groups excluding tert-OH is 1. The third-order valence-corrected chi connectivity index (χ3v) is 2.92. The highest BCUT2D eigenvalue weighted by molar-refractivity contribution is 7.89. The fourth-order valence-corrected chi connectivity index (χ4v) is 2.04. The Morgan fingerprint density at radius 3 is 2.47 bits per heavy atom. The number of primary sulfonamides is 1. The Bertz CT molecular complexity index is 456. The standard InChI is InChI=1S/C8H13N3O3S/c1-5(12)7-4-6(11-9)2-3-8(7)15(10,13)14/h2-5,11-12H,9H2,1H3,(H2,10,13,14). The maximum Gasteiger partial charge on any atom is 0.238 e. The quantitative estimate of drug-likeness (QED) is 0.419. The third kappa shape index (κ3) is 2.66. The number of nitrogens with one attached hydrogen (secondary N) is 1. The van der Waals surface area contributed by atoms with Gasteiger partial charge in [0.15, 0.2) is 0 Å². The van der Waals surface area contributed by atoms with E-state index in [9.17, 15) is 13.5 Å². The number of sulfonamides is 1. The van der Waals surface area contributed by atoms with Crippen LogP contribution in [0.1, 0.15) is 18.6 Å². The zero-order chi connectivity index (χ0) is 11.6. The number of nitrogens with two attached hydrogens (primary N) is 2. The second-order valence-electron chi connectivity index (χ2n) is 3.12. The Labute approximate surface area is 87.9 Å². The molecule has 1 atom stereocenters. The maximum atomic E-state index is 11.2. The summed E-state index contributed by atoms with van der Waals surface area (Å²) in [6.07, 6.45) is -0.938. The first-order valence-corrected chi connectivity index (χ1v) is 5.72. The van der Waals surface area contributed by atoms with Crippen molar-refractivity contribution in [2.75, 3.05) is 5.43 Å². The van der Waals surface area contributed by atoms with Gasteiger partial charge in [-0.25, -0.2) is 13.6 Å². The van der Waals surface area contributed by atoms with Gasteiger partial charge in [0, 0.05) is 11.3 Å². The molecule has 1 unspecified atom stereocenters. The molecule has 0 aliphatic rings. The van der Waals surface area contributed by atoms with Crippen LogP contribution in [0.25, 0.3) is 0 Å². The summed E-state index contributed by atoms with van der Waals surface area (Å²) < 4.78 is 22.3. The number of aliphatic hydroxyl groups is 1. The van der Waals surface area contributed by atoms with E-state index in [2.05, 4.69) is 5.43 Å². The van der Waals surface area contributed by atoms with E-state index in [1.807, 2.05) is 0 Å². The van der Waals surface area contributed by atoms with Gasteiger partial charge in [-0.05, 0) is 25.1 Å². The fraction of sp³-hybridized carbons (Fsp3) is 0.250. The summed E-state index contributed by atoms with van der Waals surface area (Å²) in [4.78, 5) is -0.100. The Kier molecular flexibility index (Phi) is 3.30. The Morgan fingerprint density at radius 1 is 1.47 bits per heavy atom. The van der Waals surface area contributed by atoms with Crippen molar-refractivity contribution in [2.24, 2.45) is 11.0 Å². The third-order valence-electron chi connectivity index (χ3n) is 1.93. The second kappa shape index (κ2) is 4.15. The lowest BCUT2D eigenvalue weighted by molar-refractivity contribution is 0.196. The SMILES string of the molecule is CC(O)c1cc(NN)ccc1S(N)(=O)=O. The van der Waals surface area contributed by atoms with Crippen molar-refractivity contribution >= 4 is 15.7 Å². The van der Waals surface area contributed by atoms with Gasteiger partial charge in [-0.15, -0.1) is 0 Å². The highest BCUT2D eigenvalue weighted by Crippen LogP contribution is 2.24. The molecule has 0 heterocycles. The predicted molar refractivity (Wildman–Crippen MR) is 56.3 cm³/mol. The zero-order valence-corrected chi connectivity index (χ0v) is 8.95. The van der Waals surface area contributed by atoms with Crippen LogP contribution in [0, 0.1) is 0 Å². The molecule has 0 saturated carbocycles. The van der Waals surface area contributed by atoms with Crippen LogP contribution in [0.4, 0.5) is 5.69 Å². The first-order valence-electron chi connectivity index (χ1n) is 4.17.